The average molecular weight is 642 g/mol. The summed E-state index contributed by atoms with van der Waals surface area (Å²) in [6, 6.07) is 35.4. The first kappa shape index (κ1) is 26.2. The summed E-state index contributed by atoms with van der Waals surface area (Å²) in [4.78, 5) is 15.8. The number of anilines is 5. The van der Waals surface area contributed by atoms with Gasteiger partial charge in [-0.05, 0) is 59.7 Å². The van der Waals surface area contributed by atoms with Crippen molar-refractivity contribution < 1.29 is 0 Å². The molecule has 5 aromatic rings. The molecule has 5 rings (SSSR count). The van der Waals surface area contributed by atoms with Crippen LogP contribution in [0.25, 0.3) is 0 Å². The minimum Gasteiger partial charge on any atom is -0.279 e. The highest BCUT2D eigenvalue weighted by Crippen LogP contribution is 2.32. The number of aromatic nitrogens is 3. The van der Waals surface area contributed by atoms with Crippen molar-refractivity contribution in [3.05, 3.63) is 129 Å². The number of nitrogens with one attached hydrogen (secondary N) is 2. The number of para-hydroxylation sites is 2. The molecule has 0 spiro atoms. The zero-order valence-corrected chi connectivity index (χ0v) is 23.7. The number of rotatable bonds is 9. The second-order valence-corrected chi connectivity index (χ2v) is 9.96. The lowest BCUT2D eigenvalue weighted by atomic mass is 10.2. The standard InChI is InChI=1S/C29H22Br2N8/c30-23-15-11-21(12-16-23)19-32-37-27-34-28(38-33-20-22-13-17-24(31)18-14-22)36-29(35-27)39(25-7-3-1-4-8-25)26-9-5-2-6-10-26/h1-20H,(H2,34,35,36,37,38). The van der Waals surface area contributed by atoms with Crippen LogP contribution in [0, 0.1) is 0 Å². The first-order chi connectivity index (χ1) is 19.1. The summed E-state index contributed by atoms with van der Waals surface area (Å²) < 4.78 is 1.99. The van der Waals surface area contributed by atoms with Crippen molar-refractivity contribution in [3.63, 3.8) is 0 Å². The molecule has 0 atom stereocenters. The molecule has 8 nitrogen and oxygen atoms in total. The van der Waals surface area contributed by atoms with E-state index in [9.17, 15) is 0 Å². The summed E-state index contributed by atoms with van der Waals surface area (Å²) in [6.45, 7) is 0. The largest absolute Gasteiger partial charge is 0.279 e. The van der Waals surface area contributed by atoms with Crippen molar-refractivity contribution in [2.24, 2.45) is 10.2 Å². The Bertz CT molecular complexity index is 1440. The van der Waals surface area contributed by atoms with Gasteiger partial charge in [-0.25, -0.2) is 10.9 Å². The number of hydrogen-bond acceptors (Lipinski definition) is 8. The van der Waals surface area contributed by atoms with E-state index < -0.39 is 0 Å². The third-order valence-electron chi connectivity index (χ3n) is 5.35. The van der Waals surface area contributed by atoms with Gasteiger partial charge in [0.05, 0.1) is 12.4 Å². The summed E-state index contributed by atoms with van der Waals surface area (Å²) in [5, 5.41) is 8.66. The molecule has 0 radical (unpaired) electrons. The molecule has 39 heavy (non-hydrogen) atoms. The van der Waals surface area contributed by atoms with Gasteiger partial charge in [0.15, 0.2) is 0 Å². The highest BCUT2D eigenvalue weighted by Gasteiger charge is 2.17. The third kappa shape index (κ3) is 7.34. The molecule has 2 N–H and O–H groups in total. The van der Waals surface area contributed by atoms with Gasteiger partial charge >= 0.3 is 0 Å². The van der Waals surface area contributed by atoms with Crippen LogP contribution in [-0.2, 0) is 0 Å². The fourth-order valence-electron chi connectivity index (χ4n) is 3.53. The van der Waals surface area contributed by atoms with Gasteiger partial charge in [-0.2, -0.15) is 25.2 Å². The van der Waals surface area contributed by atoms with Gasteiger partial charge in [-0.15, -0.1) is 0 Å². The van der Waals surface area contributed by atoms with E-state index in [0.29, 0.717) is 5.95 Å². The van der Waals surface area contributed by atoms with Crippen molar-refractivity contribution in [2.75, 3.05) is 15.8 Å². The molecule has 0 unspecified atom stereocenters. The fourth-order valence-corrected chi connectivity index (χ4v) is 4.05. The quantitative estimate of drug-likeness (QED) is 0.126. The van der Waals surface area contributed by atoms with Crippen LogP contribution in [-0.4, -0.2) is 27.4 Å². The second kappa shape index (κ2) is 12.9. The third-order valence-corrected chi connectivity index (χ3v) is 6.41. The molecule has 10 heteroatoms. The van der Waals surface area contributed by atoms with Gasteiger partial charge in [0.2, 0.25) is 17.8 Å². The molecular formula is C29H22Br2N8. The number of nitrogens with zero attached hydrogens (tertiary/aromatic N) is 6. The number of hydrogen-bond donors (Lipinski definition) is 2. The molecule has 4 aromatic carbocycles. The molecule has 1 aromatic heterocycles. The van der Waals surface area contributed by atoms with E-state index in [2.05, 4.69) is 67.9 Å². The van der Waals surface area contributed by atoms with Crippen LogP contribution < -0.4 is 15.8 Å². The van der Waals surface area contributed by atoms with Crippen molar-refractivity contribution in [3.8, 4) is 0 Å². The summed E-state index contributed by atoms with van der Waals surface area (Å²) in [7, 11) is 0. The molecule has 192 valence electrons. The predicted octanol–water partition coefficient (Wildman–Crippen LogP) is 7.76. The topological polar surface area (TPSA) is 90.7 Å². The van der Waals surface area contributed by atoms with Crippen molar-refractivity contribution in [1.29, 1.82) is 0 Å². The Morgan fingerprint density at radius 3 is 1.36 bits per heavy atom. The molecular weight excluding hydrogens is 620 g/mol. The number of benzene rings is 4. The Kier molecular flexibility index (Phi) is 8.67. The van der Waals surface area contributed by atoms with Crippen LogP contribution in [0.3, 0.4) is 0 Å². The predicted molar refractivity (Wildman–Crippen MR) is 165 cm³/mol. The van der Waals surface area contributed by atoms with Crippen LogP contribution in [0.4, 0.5) is 29.2 Å². The maximum atomic E-state index is 4.68. The molecule has 0 amide bonds. The summed E-state index contributed by atoms with van der Waals surface area (Å²) in [6.07, 6.45) is 3.39. The van der Waals surface area contributed by atoms with E-state index in [1.54, 1.807) is 12.4 Å². The first-order valence-corrected chi connectivity index (χ1v) is 13.5. The van der Waals surface area contributed by atoms with Crippen LogP contribution in [0.2, 0.25) is 0 Å². The van der Waals surface area contributed by atoms with E-state index in [1.807, 2.05) is 114 Å². The maximum absolute atomic E-state index is 4.68. The highest BCUT2D eigenvalue weighted by atomic mass is 79.9. The Labute approximate surface area is 242 Å². The fraction of sp³-hybridized carbons (Fsp3) is 0. The lowest BCUT2D eigenvalue weighted by molar-refractivity contribution is 0.991. The molecule has 0 bridgehead atoms. The van der Waals surface area contributed by atoms with E-state index in [-0.39, 0.29) is 11.9 Å². The van der Waals surface area contributed by atoms with E-state index in [0.717, 1.165) is 31.4 Å². The van der Waals surface area contributed by atoms with Crippen molar-refractivity contribution in [1.82, 2.24) is 15.0 Å². The Hall–Kier alpha value is -4.41. The minimum absolute atomic E-state index is 0.256. The number of halogens is 2. The summed E-state index contributed by atoms with van der Waals surface area (Å²) in [5.41, 5.74) is 9.50. The first-order valence-electron chi connectivity index (χ1n) is 11.9. The summed E-state index contributed by atoms with van der Waals surface area (Å²) in [5.74, 6) is 0.906. The Balaban J connectivity index is 1.49. The molecule has 0 fully saturated rings. The lowest BCUT2D eigenvalue weighted by Crippen LogP contribution is -2.16. The van der Waals surface area contributed by atoms with Crippen molar-refractivity contribution >= 4 is 73.5 Å². The van der Waals surface area contributed by atoms with Gasteiger partial charge in [-0.1, -0.05) is 92.5 Å². The normalized spacial score (nSPS) is 11.1. The zero-order chi connectivity index (χ0) is 26.9. The zero-order valence-electron chi connectivity index (χ0n) is 20.5. The van der Waals surface area contributed by atoms with E-state index in [1.165, 1.54) is 0 Å². The van der Waals surface area contributed by atoms with Gasteiger partial charge in [0, 0.05) is 20.3 Å². The van der Waals surface area contributed by atoms with E-state index in [4.69, 9.17) is 0 Å². The van der Waals surface area contributed by atoms with E-state index >= 15 is 0 Å². The highest BCUT2D eigenvalue weighted by molar-refractivity contribution is 9.10. The lowest BCUT2D eigenvalue weighted by Gasteiger charge is -2.23. The second-order valence-electron chi connectivity index (χ2n) is 8.13. The van der Waals surface area contributed by atoms with Gasteiger partial charge in [0.25, 0.3) is 0 Å². The van der Waals surface area contributed by atoms with Gasteiger partial charge < -0.3 is 0 Å². The molecule has 0 aliphatic carbocycles. The van der Waals surface area contributed by atoms with Crippen LogP contribution >= 0.6 is 31.9 Å². The smallest absolute Gasteiger partial charge is 0.250 e. The molecule has 1 heterocycles. The van der Waals surface area contributed by atoms with Crippen molar-refractivity contribution in [2.45, 2.75) is 0 Å². The van der Waals surface area contributed by atoms with Crippen LogP contribution in [0.1, 0.15) is 11.1 Å². The molecule has 0 aliphatic rings. The Morgan fingerprint density at radius 1 is 0.538 bits per heavy atom. The minimum atomic E-state index is 0.256. The Morgan fingerprint density at radius 2 is 0.949 bits per heavy atom. The van der Waals surface area contributed by atoms with Crippen LogP contribution in [0.15, 0.2) is 128 Å². The maximum Gasteiger partial charge on any atom is 0.250 e. The van der Waals surface area contributed by atoms with Gasteiger partial charge in [0.1, 0.15) is 0 Å². The average Bonchev–Trinajstić information content (AvgIpc) is 2.96. The van der Waals surface area contributed by atoms with Crippen LogP contribution in [0.5, 0.6) is 0 Å². The summed E-state index contributed by atoms with van der Waals surface area (Å²) >= 11 is 6.89. The molecule has 0 aliphatic heterocycles. The molecule has 0 saturated heterocycles. The van der Waals surface area contributed by atoms with Gasteiger partial charge in [-0.3, -0.25) is 4.90 Å². The monoisotopic (exact) mass is 640 g/mol. The number of hydrazone groups is 2. The molecule has 0 saturated carbocycles. The SMILES string of the molecule is Brc1ccc(C=NNc2nc(NN=Cc3ccc(Br)cc3)nc(N(c3ccccc3)c3ccccc3)n2)cc1.